The van der Waals surface area contributed by atoms with Gasteiger partial charge < -0.3 is 9.47 Å². The van der Waals surface area contributed by atoms with E-state index in [0.717, 1.165) is 38.5 Å². The number of ether oxygens (including phenoxy) is 2. The lowest BCUT2D eigenvalue weighted by molar-refractivity contribution is -0.156. The fourth-order valence-electron chi connectivity index (χ4n) is 2.54. The molecule has 0 aromatic heterocycles. The van der Waals surface area contributed by atoms with Gasteiger partial charge in [-0.2, -0.15) is 0 Å². The summed E-state index contributed by atoms with van der Waals surface area (Å²) in [7, 11) is 0. The molecule has 0 unspecified atom stereocenters. The Bertz CT molecular complexity index is 477. The quantitative estimate of drug-likeness (QED) is 0.750. The summed E-state index contributed by atoms with van der Waals surface area (Å²) < 4.78 is 11.1. The molecular weight excluding hydrogens is 292 g/mol. The molecule has 0 spiro atoms. The third kappa shape index (κ3) is 7.01. The average molecular weight is 320 g/mol. The first-order chi connectivity index (χ1) is 10.9. The number of hydrogen-bond acceptors (Lipinski definition) is 5. The average Bonchev–Trinajstić information content (AvgIpc) is 2.48. The molecule has 1 fully saturated rings. The number of hydrogen-bond donors (Lipinski definition) is 0. The largest absolute Gasteiger partial charge is 0.492 e. The topological polar surface area (TPSA) is 42.0 Å². The Morgan fingerprint density at radius 3 is 2.26 bits per heavy atom. The van der Waals surface area contributed by atoms with E-state index in [1.165, 1.54) is 0 Å². The maximum absolute atomic E-state index is 11.8. The van der Waals surface area contributed by atoms with Crippen molar-refractivity contribution in [1.82, 2.24) is 9.80 Å². The normalized spacial score (nSPS) is 17.0. The van der Waals surface area contributed by atoms with E-state index in [1.54, 1.807) is 0 Å². The second-order valence-electron chi connectivity index (χ2n) is 6.87. The molecule has 2 rings (SSSR count). The van der Waals surface area contributed by atoms with Crippen LogP contribution >= 0.6 is 0 Å². The molecule has 1 aliphatic rings. The molecular formula is C18H28N2O3. The minimum Gasteiger partial charge on any atom is -0.492 e. The Kier molecular flexibility index (Phi) is 6.42. The highest BCUT2D eigenvalue weighted by Crippen LogP contribution is 2.10. The van der Waals surface area contributed by atoms with Gasteiger partial charge in [0.1, 0.15) is 18.0 Å². The standard InChI is InChI=1S/C18H28N2O3/c1-18(2,3)23-17(21)15-20-11-9-19(10-12-20)13-14-22-16-7-5-4-6-8-16/h4-8H,9-15H2,1-3H3. The number of rotatable bonds is 6. The summed E-state index contributed by atoms with van der Waals surface area (Å²) in [6.07, 6.45) is 0. The Morgan fingerprint density at radius 2 is 1.65 bits per heavy atom. The van der Waals surface area contributed by atoms with Crippen LogP contribution in [0.1, 0.15) is 20.8 Å². The van der Waals surface area contributed by atoms with Crippen molar-refractivity contribution in [3.63, 3.8) is 0 Å². The highest BCUT2D eigenvalue weighted by molar-refractivity contribution is 5.72. The maximum atomic E-state index is 11.8. The zero-order chi connectivity index (χ0) is 16.7. The van der Waals surface area contributed by atoms with Gasteiger partial charge in [0.2, 0.25) is 0 Å². The van der Waals surface area contributed by atoms with Crippen LogP contribution in [-0.4, -0.2) is 67.2 Å². The van der Waals surface area contributed by atoms with Gasteiger partial charge >= 0.3 is 5.97 Å². The molecule has 0 atom stereocenters. The lowest BCUT2D eigenvalue weighted by Gasteiger charge is -2.34. The second kappa shape index (κ2) is 8.31. The molecule has 1 aromatic rings. The smallest absolute Gasteiger partial charge is 0.320 e. The van der Waals surface area contributed by atoms with E-state index >= 15 is 0 Å². The zero-order valence-electron chi connectivity index (χ0n) is 14.5. The first-order valence-corrected chi connectivity index (χ1v) is 8.27. The van der Waals surface area contributed by atoms with Crippen LogP contribution in [0.3, 0.4) is 0 Å². The van der Waals surface area contributed by atoms with Crippen LogP contribution in [0.2, 0.25) is 0 Å². The number of esters is 1. The number of nitrogens with zero attached hydrogens (tertiary/aromatic N) is 2. The highest BCUT2D eigenvalue weighted by atomic mass is 16.6. The molecule has 0 amide bonds. The van der Waals surface area contributed by atoms with E-state index in [9.17, 15) is 4.79 Å². The summed E-state index contributed by atoms with van der Waals surface area (Å²) in [6, 6.07) is 9.88. The SMILES string of the molecule is CC(C)(C)OC(=O)CN1CCN(CCOc2ccccc2)CC1. The van der Waals surface area contributed by atoms with Crippen LogP contribution in [0.5, 0.6) is 5.75 Å². The molecule has 5 heteroatoms. The fraction of sp³-hybridized carbons (Fsp3) is 0.611. The molecule has 0 bridgehead atoms. The number of carbonyl (C=O) groups excluding carboxylic acids is 1. The van der Waals surface area contributed by atoms with Crippen LogP contribution < -0.4 is 4.74 Å². The molecule has 1 aliphatic heterocycles. The molecule has 0 N–H and O–H groups in total. The molecule has 1 saturated heterocycles. The van der Waals surface area contributed by atoms with E-state index in [0.29, 0.717) is 13.2 Å². The Labute approximate surface area is 139 Å². The van der Waals surface area contributed by atoms with E-state index in [1.807, 2.05) is 51.1 Å². The lowest BCUT2D eigenvalue weighted by atomic mass is 10.2. The predicted molar refractivity (Wildman–Crippen MR) is 90.7 cm³/mol. The third-order valence-electron chi connectivity index (χ3n) is 3.66. The number of benzene rings is 1. The minimum atomic E-state index is -0.409. The van der Waals surface area contributed by atoms with Crippen molar-refractivity contribution < 1.29 is 14.3 Å². The minimum absolute atomic E-state index is 0.140. The van der Waals surface area contributed by atoms with E-state index < -0.39 is 5.60 Å². The van der Waals surface area contributed by atoms with Crippen molar-refractivity contribution in [3.05, 3.63) is 30.3 Å². The summed E-state index contributed by atoms with van der Waals surface area (Å²) in [5.41, 5.74) is -0.409. The lowest BCUT2D eigenvalue weighted by Crippen LogP contribution is -2.49. The van der Waals surface area contributed by atoms with Gasteiger partial charge in [-0.3, -0.25) is 14.6 Å². The van der Waals surface area contributed by atoms with E-state index in [-0.39, 0.29) is 5.97 Å². The van der Waals surface area contributed by atoms with Crippen LogP contribution in [0, 0.1) is 0 Å². The van der Waals surface area contributed by atoms with Gasteiger partial charge in [0, 0.05) is 32.7 Å². The van der Waals surface area contributed by atoms with Gasteiger partial charge in [-0.15, -0.1) is 0 Å². The Morgan fingerprint density at radius 1 is 1.04 bits per heavy atom. The van der Waals surface area contributed by atoms with Gasteiger partial charge in [0.15, 0.2) is 0 Å². The molecule has 1 heterocycles. The molecule has 1 aromatic carbocycles. The van der Waals surface area contributed by atoms with Crippen molar-refractivity contribution in [2.45, 2.75) is 26.4 Å². The zero-order valence-corrected chi connectivity index (χ0v) is 14.5. The molecule has 0 saturated carbocycles. The number of para-hydroxylation sites is 1. The van der Waals surface area contributed by atoms with Crippen molar-refractivity contribution in [2.24, 2.45) is 0 Å². The van der Waals surface area contributed by atoms with Crippen molar-refractivity contribution in [2.75, 3.05) is 45.9 Å². The maximum Gasteiger partial charge on any atom is 0.320 e. The van der Waals surface area contributed by atoms with Crippen molar-refractivity contribution in [3.8, 4) is 5.75 Å². The van der Waals surface area contributed by atoms with Gasteiger partial charge in [-0.25, -0.2) is 0 Å². The number of carbonyl (C=O) groups is 1. The molecule has 23 heavy (non-hydrogen) atoms. The second-order valence-corrected chi connectivity index (χ2v) is 6.87. The first kappa shape index (κ1) is 17.8. The Hall–Kier alpha value is -1.59. The van der Waals surface area contributed by atoms with Crippen LogP contribution in [0.15, 0.2) is 30.3 Å². The summed E-state index contributed by atoms with van der Waals surface area (Å²) in [5, 5.41) is 0. The van der Waals surface area contributed by atoms with Crippen LogP contribution in [0.25, 0.3) is 0 Å². The van der Waals surface area contributed by atoms with Crippen LogP contribution in [-0.2, 0) is 9.53 Å². The molecule has 128 valence electrons. The molecule has 5 nitrogen and oxygen atoms in total. The van der Waals surface area contributed by atoms with Gasteiger partial charge in [0.05, 0.1) is 6.54 Å². The van der Waals surface area contributed by atoms with Crippen molar-refractivity contribution >= 4 is 5.97 Å². The summed E-state index contributed by atoms with van der Waals surface area (Å²) in [4.78, 5) is 16.4. The van der Waals surface area contributed by atoms with E-state index in [4.69, 9.17) is 9.47 Å². The van der Waals surface area contributed by atoms with Gasteiger partial charge in [-0.05, 0) is 32.9 Å². The predicted octanol–water partition coefficient (Wildman–Crippen LogP) is 2.02. The fourth-order valence-corrected chi connectivity index (χ4v) is 2.54. The van der Waals surface area contributed by atoms with Gasteiger partial charge in [-0.1, -0.05) is 18.2 Å². The number of piperazine rings is 1. The summed E-state index contributed by atoms with van der Waals surface area (Å²) in [5.74, 6) is 0.773. The highest BCUT2D eigenvalue weighted by Gasteiger charge is 2.22. The van der Waals surface area contributed by atoms with Crippen LogP contribution in [0.4, 0.5) is 0 Å². The molecule has 0 radical (unpaired) electrons. The summed E-state index contributed by atoms with van der Waals surface area (Å²) >= 11 is 0. The Balaban J connectivity index is 1.61. The summed E-state index contributed by atoms with van der Waals surface area (Å²) in [6.45, 7) is 11.4. The third-order valence-corrected chi connectivity index (χ3v) is 3.66. The van der Waals surface area contributed by atoms with Crippen molar-refractivity contribution in [1.29, 1.82) is 0 Å². The molecule has 0 aliphatic carbocycles. The van der Waals surface area contributed by atoms with E-state index in [2.05, 4.69) is 9.80 Å². The monoisotopic (exact) mass is 320 g/mol. The van der Waals surface area contributed by atoms with Gasteiger partial charge in [0.25, 0.3) is 0 Å². The first-order valence-electron chi connectivity index (χ1n) is 8.27.